The van der Waals surface area contributed by atoms with E-state index in [4.69, 9.17) is 14.7 Å². The Morgan fingerprint density at radius 3 is 2.73 bits per heavy atom. The second-order valence-electron chi connectivity index (χ2n) is 4.69. The Balaban J connectivity index is 2.21. The molecule has 1 aromatic rings. The van der Waals surface area contributed by atoms with Crippen LogP contribution in [-0.4, -0.2) is 17.5 Å². The number of allylic oxidation sites excluding steroid dienone is 1. The molecule has 0 spiro atoms. The van der Waals surface area contributed by atoms with E-state index in [9.17, 15) is 14.9 Å². The zero-order chi connectivity index (χ0) is 16.1. The van der Waals surface area contributed by atoms with Crippen LogP contribution in [0.3, 0.4) is 0 Å². The van der Waals surface area contributed by atoms with Gasteiger partial charge in [-0.15, -0.1) is 0 Å². The van der Waals surface area contributed by atoms with Gasteiger partial charge in [0.05, 0.1) is 17.4 Å². The molecule has 0 unspecified atom stereocenters. The Labute approximate surface area is 126 Å². The van der Waals surface area contributed by atoms with Crippen molar-refractivity contribution in [3.63, 3.8) is 0 Å². The smallest absolute Gasteiger partial charge is 0.313 e. The van der Waals surface area contributed by atoms with Crippen LogP contribution in [0.1, 0.15) is 25.0 Å². The van der Waals surface area contributed by atoms with Gasteiger partial charge in [0.15, 0.2) is 5.76 Å². The summed E-state index contributed by atoms with van der Waals surface area (Å²) in [6.07, 6.45) is 1.25. The van der Waals surface area contributed by atoms with Crippen LogP contribution in [0, 0.1) is 27.4 Å². The van der Waals surface area contributed by atoms with Crippen LogP contribution >= 0.6 is 0 Å². The van der Waals surface area contributed by atoms with Crippen molar-refractivity contribution in [3.8, 4) is 6.07 Å². The van der Waals surface area contributed by atoms with Gasteiger partial charge >= 0.3 is 5.97 Å². The van der Waals surface area contributed by atoms with Crippen molar-refractivity contribution in [2.75, 3.05) is 6.61 Å². The Morgan fingerprint density at radius 2 is 2.18 bits per heavy atom. The summed E-state index contributed by atoms with van der Waals surface area (Å²) < 4.78 is 10.5. The lowest BCUT2D eigenvalue weighted by atomic mass is 9.93. The van der Waals surface area contributed by atoms with Crippen LogP contribution < -0.4 is 0 Å². The molecule has 2 rings (SSSR count). The first-order chi connectivity index (χ1) is 10.5. The summed E-state index contributed by atoms with van der Waals surface area (Å²) in [6.45, 7) is 1.97. The fraction of sp³-hybridized carbons (Fsp3) is 0.333. The second kappa shape index (κ2) is 6.72. The van der Waals surface area contributed by atoms with Gasteiger partial charge in [0.25, 0.3) is 5.69 Å². The standard InChI is InChI=1S/C15H14N2O5/c1-2-21-15(18)11-7-13(9-16)22-14(8-11)10-3-5-12(6-4-10)17(19)20/h3-7,11,14H,2,8H2,1H3/t11-,14-/m1/s1. The number of esters is 1. The van der Waals surface area contributed by atoms with E-state index in [-0.39, 0.29) is 18.1 Å². The summed E-state index contributed by atoms with van der Waals surface area (Å²) >= 11 is 0. The topological polar surface area (TPSA) is 102 Å². The molecule has 0 saturated heterocycles. The van der Waals surface area contributed by atoms with Gasteiger partial charge in [0.2, 0.25) is 0 Å². The molecule has 7 heteroatoms. The number of hydrogen-bond acceptors (Lipinski definition) is 6. The minimum atomic E-state index is -0.566. The van der Waals surface area contributed by atoms with E-state index in [2.05, 4.69) is 0 Å². The molecule has 1 aliphatic heterocycles. The summed E-state index contributed by atoms with van der Waals surface area (Å²) in [4.78, 5) is 22.0. The van der Waals surface area contributed by atoms with Gasteiger partial charge in [-0.1, -0.05) is 0 Å². The first kappa shape index (κ1) is 15.5. The van der Waals surface area contributed by atoms with E-state index in [1.54, 1.807) is 19.1 Å². The highest BCUT2D eigenvalue weighted by Crippen LogP contribution is 2.34. The van der Waals surface area contributed by atoms with Crippen molar-refractivity contribution < 1.29 is 19.2 Å². The third-order valence-electron chi connectivity index (χ3n) is 3.27. The van der Waals surface area contributed by atoms with E-state index >= 15 is 0 Å². The number of non-ortho nitro benzene ring substituents is 1. The van der Waals surface area contributed by atoms with Crippen molar-refractivity contribution >= 4 is 11.7 Å². The highest BCUT2D eigenvalue weighted by molar-refractivity contribution is 5.75. The number of rotatable bonds is 4. The summed E-state index contributed by atoms with van der Waals surface area (Å²) in [5.74, 6) is -0.929. The Morgan fingerprint density at radius 1 is 1.50 bits per heavy atom. The lowest BCUT2D eigenvalue weighted by Gasteiger charge is -2.26. The highest BCUT2D eigenvalue weighted by Gasteiger charge is 2.30. The van der Waals surface area contributed by atoms with Crippen molar-refractivity contribution in [2.24, 2.45) is 5.92 Å². The van der Waals surface area contributed by atoms with Crippen molar-refractivity contribution in [2.45, 2.75) is 19.4 Å². The third kappa shape index (κ3) is 3.41. The number of ether oxygens (including phenoxy) is 2. The van der Waals surface area contributed by atoms with Gasteiger partial charge in [0, 0.05) is 18.6 Å². The quantitative estimate of drug-likeness (QED) is 0.481. The molecule has 0 saturated carbocycles. The number of nitro groups is 1. The molecular formula is C15H14N2O5. The van der Waals surface area contributed by atoms with E-state index < -0.39 is 22.9 Å². The Kier molecular flexibility index (Phi) is 4.73. The molecule has 0 N–H and O–H groups in total. The summed E-state index contributed by atoms with van der Waals surface area (Å²) in [7, 11) is 0. The molecule has 0 fully saturated rings. The molecule has 114 valence electrons. The zero-order valence-electron chi connectivity index (χ0n) is 11.9. The molecule has 7 nitrogen and oxygen atoms in total. The summed E-state index contributed by atoms with van der Waals surface area (Å²) in [5, 5.41) is 19.7. The SMILES string of the molecule is CCOC(=O)[C@@H]1C=C(C#N)O[C@@H](c2ccc([N+](=O)[O-])cc2)C1. The largest absolute Gasteiger partial charge is 0.476 e. The van der Waals surface area contributed by atoms with Crippen molar-refractivity contribution in [1.29, 1.82) is 5.26 Å². The molecule has 0 radical (unpaired) electrons. The lowest BCUT2D eigenvalue weighted by molar-refractivity contribution is -0.384. The second-order valence-corrected chi connectivity index (χ2v) is 4.69. The summed E-state index contributed by atoms with van der Waals surface area (Å²) in [6, 6.07) is 7.73. The predicted octanol–water partition coefficient (Wildman–Crippen LogP) is 2.64. The molecule has 2 atom stereocenters. The van der Waals surface area contributed by atoms with Crippen molar-refractivity contribution in [3.05, 3.63) is 51.8 Å². The van der Waals surface area contributed by atoms with Gasteiger partial charge in [-0.3, -0.25) is 14.9 Å². The minimum Gasteiger partial charge on any atom is -0.476 e. The van der Waals surface area contributed by atoms with Crippen LogP contribution in [0.15, 0.2) is 36.1 Å². The highest BCUT2D eigenvalue weighted by atomic mass is 16.6. The molecule has 0 aliphatic carbocycles. The molecular weight excluding hydrogens is 288 g/mol. The maximum Gasteiger partial charge on any atom is 0.313 e. The number of carbonyl (C=O) groups excluding carboxylic acids is 1. The number of nitrogens with zero attached hydrogens (tertiary/aromatic N) is 2. The molecule has 0 bridgehead atoms. The normalized spacial score (nSPS) is 20.3. The van der Waals surface area contributed by atoms with E-state index in [1.165, 1.54) is 18.2 Å². The van der Waals surface area contributed by atoms with Crippen LogP contribution in [0.2, 0.25) is 0 Å². The van der Waals surface area contributed by atoms with Crippen LogP contribution in [0.5, 0.6) is 0 Å². The molecule has 1 aliphatic rings. The first-order valence-electron chi connectivity index (χ1n) is 6.74. The first-order valence-corrected chi connectivity index (χ1v) is 6.74. The lowest BCUT2D eigenvalue weighted by Crippen LogP contribution is -2.23. The average molecular weight is 302 g/mol. The maximum absolute atomic E-state index is 11.9. The number of carbonyl (C=O) groups is 1. The summed E-state index contributed by atoms with van der Waals surface area (Å²) in [5.41, 5.74) is 0.637. The minimum absolute atomic E-state index is 0.0300. The maximum atomic E-state index is 11.9. The van der Waals surface area contributed by atoms with E-state index in [1.807, 2.05) is 6.07 Å². The number of hydrogen-bond donors (Lipinski definition) is 0. The molecule has 0 aromatic heterocycles. The molecule has 1 heterocycles. The van der Waals surface area contributed by atoms with Gasteiger partial charge in [-0.2, -0.15) is 5.26 Å². The number of nitriles is 1. The monoisotopic (exact) mass is 302 g/mol. The third-order valence-corrected chi connectivity index (χ3v) is 3.27. The number of benzene rings is 1. The van der Waals surface area contributed by atoms with Gasteiger partial charge < -0.3 is 9.47 Å². The van der Waals surface area contributed by atoms with Gasteiger partial charge in [0.1, 0.15) is 12.2 Å². The average Bonchev–Trinajstić information content (AvgIpc) is 2.54. The zero-order valence-corrected chi connectivity index (χ0v) is 11.9. The van der Waals surface area contributed by atoms with Crippen LogP contribution in [0.25, 0.3) is 0 Å². The molecule has 22 heavy (non-hydrogen) atoms. The van der Waals surface area contributed by atoms with Crippen LogP contribution in [0.4, 0.5) is 5.69 Å². The van der Waals surface area contributed by atoms with Gasteiger partial charge in [-0.25, -0.2) is 0 Å². The van der Waals surface area contributed by atoms with Gasteiger partial charge in [-0.05, 0) is 30.7 Å². The molecule has 0 amide bonds. The fourth-order valence-electron chi connectivity index (χ4n) is 2.21. The molecule has 1 aromatic carbocycles. The predicted molar refractivity (Wildman–Crippen MR) is 75.4 cm³/mol. The van der Waals surface area contributed by atoms with E-state index in [0.29, 0.717) is 12.0 Å². The van der Waals surface area contributed by atoms with E-state index in [0.717, 1.165) is 0 Å². The Bertz CT molecular complexity index is 645. The number of nitro benzene ring substituents is 1. The van der Waals surface area contributed by atoms with Crippen molar-refractivity contribution in [1.82, 2.24) is 0 Å². The Hall–Kier alpha value is -2.88. The van der Waals surface area contributed by atoms with Crippen LogP contribution in [-0.2, 0) is 14.3 Å². The fourth-order valence-corrected chi connectivity index (χ4v) is 2.21.